The number of aryl methyl sites for hydroxylation is 1. The van der Waals surface area contributed by atoms with E-state index in [1.165, 1.54) is 22.3 Å². The van der Waals surface area contributed by atoms with Crippen LogP contribution in [0.3, 0.4) is 0 Å². The molecule has 128 valence electrons. The first-order valence-corrected chi connectivity index (χ1v) is 8.50. The van der Waals surface area contributed by atoms with Gasteiger partial charge in [-0.3, -0.25) is 4.39 Å². The SMILES string of the molecule is C=C(NC(C)(C)C)/C(C)=C(\C)Cc1ccc(CCCCF)cc1. The van der Waals surface area contributed by atoms with E-state index < -0.39 is 0 Å². The van der Waals surface area contributed by atoms with E-state index in [1.807, 2.05) is 0 Å². The van der Waals surface area contributed by atoms with Gasteiger partial charge in [-0.25, -0.2) is 0 Å². The van der Waals surface area contributed by atoms with E-state index in [-0.39, 0.29) is 12.2 Å². The Balaban J connectivity index is 2.67. The molecule has 0 aliphatic carbocycles. The van der Waals surface area contributed by atoms with Crippen LogP contribution in [-0.2, 0) is 12.8 Å². The first kappa shape index (κ1) is 19.5. The number of unbranched alkanes of at least 4 members (excludes halogenated alkanes) is 1. The summed E-state index contributed by atoms with van der Waals surface area (Å²) in [6, 6.07) is 8.69. The Morgan fingerprint density at radius 1 is 1.04 bits per heavy atom. The third-order valence-corrected chi connectivity index (χ3v) is 3.96. The van der Waals surface area contributed by atoms with Gasteiger partial charge in [0.1, 0.15) is 0 Å². The van der Waals surface area contributed by atoms with Gasteiger partial charge >= 0.3 is 0 Å². The highest BCUT2D eigenvalue weighted by molar-refractivity contribution is 5.34. The smallest absolute Gasteiger partial charge is 0.0894 e. The molecule has 0 saturated heterocycles. The normalized spacial score (nSPS) is 12.8. The Kier molecular flexibility index (Phi) is 7.54. The summed E-state index contributed by atoms with van der Waals surface area (Å²) in [5.74, 6) is 0. The number of halogens is 1. The predicted octanol–water partition coefficient (Wildman–Crippen LogP) is 5.76. The second-order valence-electron chi connectivity index (χ2n) is 7.40. The molecule has 1 nitrogen and oxygen atoms in total. The molecule has 0 aliphatic heterocycles. The van der Waals surface area contributed by atoms with Crippen molar-refractivity contribution in [3.05, 3.63) is 58.8 Å². The van der Waals surface area contributed by atoms with Gasteiger partial charge in [0.2, 0.25) is 0 Å². The fraction of sp³-hybridized carbons (Fsp3) is 0.524. The third kappa shape index (κ3) is 7.49. The molecule has 0 amide bonds. The summed E-state index contributed by atoms with van der Waals surface area (Å²) < 4.78 is 12.1. The van der Waals surface area contributed by atoms with E-state index in [0.717, 1.165) is 25.0 Å². The molecular formula is C21H32FN. The minimum Gasteiger partial charge on any atom is -0.381 e. The van der Waals surface area contributed by atoms with E-state index >= 15 is 0 Å². The molecule has 1 rings (SSSR count). The van der Waals surface area contributed by atoms with Gasteiger partial charge in [0, 0.05) is 11.2 Å². The maximum atomic E-state index is 12.1. The molecule has 0 radical (unpaired) electrons. The minimum absolute atomic E-state index is 0.0277. The van der Waals surface area contributed by atoms with Gasteiger partial charge in [-0.05, 0) is 77.0 Å². The first-order chi connectivity index (χ1) is 10.7. The van der Waals surface area contributed by atoms with E-state index in [4.69, 9.17) is 0 Å². The van der Waals surface area contributed by atoms with Crippen molar-refractivity contribution in [2.75, 3.05) is 6.67 Å². The predicted molar refractivity (Wildman–Crippen MR) is 99.5 cm³/mol. The average Bonchev–Trinajstić information content (AvgIpc) is 2.46. The zero-order valence-electron chi connectivity index (χ0n) is 15.4. The van der Waals surface area contributed by atoms with Gasteiger partial charge in [-0.2, -0.15) is 0 Å². The Morgan fingerprint density at radius 2 is 1.61 bits per heavy atom. The summed E-state index contributed by atoms with van der Waals surface area (Å²) >= 11 is 0. The highest BCUT2D eigenvalue weighted by Gasteiger charge is 2.12. The van der Waals surface area contributed by atoms with Crippen LogP contribution in [-0.4, -0.2) is 12.2 Å². The summed E-state index contributed by atoms with van der Waals surface area (Å²) in [4.78, 5) is 0. The molecule has 0 atom stereocenters. The Hall–Kier alpha value is -1.57. The van der Waals surface area contributed by atoms with E-state index in [1.54, 1.807) is 0 Å². The Labute approximate surface area is 141 Å². The van der Waals surface area contributed by atoms with Crippen molar-refractivity contribution in [2.24, 2.45) is 0 Å². The lowest BCUT2D eigenvalue weighted by Crippen LogP contribution is -2.35. The molecule has 0 saturated carbocycles. The number of rotatable bonds is 8. The number of allylic oxidation sites excluding steroid dienone is 2. The van der Waals surface area contributed by atoms with Crippen LogP contribution in [0.25, 0.3) is 0 Å². The molecule has 1 aromatic carbocycles. The molecule has 0 bridgehead atoms. The number of hydrogen-bond acceptors (Lipinski definition) is 1. The van der Waals surface area contributed by atoms with Crippen LogP contribution < -0.4 is 5.32 Å². The van der Waals surface area contributed by atoms with Crippen molar-refractivity contribution in [3.8, 4) is 0 Å². The molecule has 0 spiro atoms. The molecule has 2 heteroatoms. The van der Waals surface area contributed by atoms with E-state index in [9.17, 15) is 4.39 Å². The Bertz CT molecular complexity index is 532. The van der Waals surface area contributed by atoms with Crippen molar-refractivity contribution in [2.45, 2.75) is 65.8 Å². The van der Waals surface area contributed by atoms with Crippen LogP contribution in [0, 0.1) is 0 Å². The van der Waals surface area contributed by atoms with Gasteiger partial charge in [-0.15, -0.1) is 0 Å². The lowest BCUT2D eigenvalue weighted by molar-refractivity contribution is 0.462. The summed E-state index contributed by atoms with van der Waals surface area (Å²) in [6.45, 7) is 14.7. The molecule has 0 aliphatic rings. The summed E-state index contributed by atoms with van der Waals surface area (Å²) in [5.41, 5.74) is 6.18. The number of hydrogen-bond donors (Lipinski definition) is 1. The lowest BCUT2D eigenvalue weighted by atomic mass is 9.98. The fourth-order valence-corrected chi connectivity index (χ4v) is 2.49. The van der Waals surface area contributed by atoms with Crippen LogP contribution in [0.15, 0.2) is 47.7 Å². The van der Waals surface area contributed by atoms with Crippen molar-refractivity contribution in [3.63, 3.8) is 0 Å². The van der Waals surface area contributed by atoms with E-state index in [2.05, 4.69) is 70.8 Å². The van der Waals surface area contributed by atoms with Crippen molar-refractivity contribution < 1.29 is 4.39 Å². The van der Waals surface area contributed by atoms with Gasteiger partial charge in [0.25, 0.3) is 0 Å². The van der Waals surface area contributed by atoms with Crippen LogP contribution in [0.1, 0.15) is 58.6 Å². The lowest BCUT2D eigenvalue weighted by Gasteiger charge is -2.25. The second kappa shape index (κ2) is 8.90. The summed E-state index contributed by atoms with van der Waals surface area (Å²) in [5, 5.41) is 3.44. The van der Waals surface area contributed by atoms with Crippen molar-refractivity contribution >= 4 is 0 Å². The number of nitrogens with one attached hydrogen (secondary N) is 1. The quantitative estimate of drug-likeness (QED) is 0.475. The van der Waals surface area contributed by atoms with Gasteiger partial charge in [0.15, 0.2) is 0 Å². The van der Waals surface area contributed by atoms with Crippen molar-refractivity contribution in [1.82, 2.24) is 5.32 Å². The van der Waals surface area contributed by atoms with Crippen LogP contribution in [0.4, 0.5) is 4.39 Å². The highest BCUT2D eigenvalue weighted by atomic mass is 19.1. The molecule has 0 fully saturated rings. The van der Waals surface area contributed by atoms with Crippen LogP contribution >= 0.6 is 0 Å². The molecule has 1 N–H and O–H groups in total. The summed E-state index contributed by atoms with van der Waals surface area (Å²) in [6.07, 6.45) is 3.48. The molecule has 0 aromatic heterocycles. The zero-order valence-corrected chi connectivity index (χ0v) is 15.4. The Morgan fingerprint density at radius 3 is 2.13 bits per heavy atom. The van der Waals surface area contributed by atoms with Gasteiger partial charge in [0.05, 0.1) is 6.67 Å². The topological polar surface area (TPSA) is 12.0 Å². The fourth-order valence-electron chi connectivity index (χ4n) is 2.49. The highest BCUT2D eigenvalue weighted by Crippen LogP contribution is 2.18. The number of alkyl halides is 1. The minimum atomic E-state index is -0.214. The van der Waals surface area contributed by atoms with Crippen LogP contribution in [0.5, 0.6) is 0 Å². The van der Waals surface area contributed by atoms with Crippen molar-refractivity contribution in [1.29, 1.82) is 0 Å². The van der Waals surface area contributed by atoms with Gasteiger partial charge < -0.3 is 5.32 Å². The molecule has 0 heterocycles. The average molecular weight is 317 g/mol. The maximum absolute atomic E-state index is 12.1. The molecule has 23 heavy (non-hydrogen) atoms. The number of benzene rings is 1. The standard InChI is InChI=1S/C21H32FN/c1-16(17(2)18(3)23-21(4,5)6)15-20-12-10-19(11-13-20)9-7-8-14-22/h10-13,23H,3,7-9,14-15H2,1-2,4-6H3/b17-16+. The monoisotopic (exact) mass is 317 g/mol. The molecule has 1 aromatic rings. The largest absolute Gasteiger partial charge is 0.381 e. The molecular weight excluding hydrogens is 285 g/mol. The van der Waals surface area contributed by atoms with E-state index in [0.29, 0.717) is 6.42 Å². The molecule has 0 unspecified atom stereocenters. The van der Waals surface area contributed by atoms with Gasteiger partial charge in [-0.1, -0.05) is 36.4 Å². The van der Waals surface area contributed by atoms with Crippen LogP contribution in [0.2, 0.25) is 0 Å². The maximum Gasteiger partial charge on any atom is 0.0894 e. The first-order valence-electron chi connectivity index (χ1n) is 8.50. The zero-order chi connectivity index (χ0) is 17.5. The summed E-state index contributed by atoms with van der Waals surface area (Å²) in [7, 11) is 0. The third-order valence-electron chi connectivity index (χ3n) is 3.96. The second-order valence-corrected chi connectivity index (χ2v) is 7.40.